The number of rotatable bonds is 2. The van der Waals surface area contributed by atoms with Gasteiger partial charge in [0.2, 0.25) is 5.76 Å². The number of carbonyl (C=O) groups is 2. The Morgan fingerprint density at radius 3 is 2.88 bits per heavy atom. The van der Waals surface area contributed by atoms with Crippen LogP contribution in [0.25, 0.3) is 0 Å². The lowest BCUT2D eigenvalue weighted by atomic mass is 9.91. The van der Waals surface area contributed by atoms with Crippen LogP contribution in [0.4, 0.5) is 0 Å². The van der Waals surface area contributed by atoms with Gasteiger partial charge in [-0.1, -0.05) is 0 Å². The Balaban J connectivity index is 2.45. The lowest BCUT2D eigenvalue weighted by Crippen LogP contribution is -2.13. The Morgan fingerprint density at radius 2 is 2.19 bits per heavy atom. The molecule has 1 aliphatic rings. The largest absolute Gasteiger partial charge is 0.460 e. The van der Waals surface area contributed by atoms with Crippen LogP contribution in [0.5, 0.6) is 0 Å². The van der Waals surface area contributed by atoms with E-state index in [9.17, 15) is 9.59 Å². The van der Waals surface area contributed by atoms with Crippen LogP contribution in [0.2, 0.25) is 0 Å². The molecule has 0 bridgehead atoms. The lowest BCUT2D eigenvalue weighted by Gasteiger charge is -2.10. The van der Waals surface area contributed by atoms with Crippen LogP contribution in [0, 0.1) is 6.92 Å². The summed E-state index contributed by atoms with van der Waals surface area (Å²) in [6.07, 6.45) is 2.03. The summed E-state index contributed by atoms with van der Waals surface area (Å²) in [5.74, 6) is 0.338. The molecule has 0 aliphatic heterocycles. The average Bonchev–Trinajstić information content (AvgIpc) is 2.58. The minimum Gasteiger partial charge on any atom is -0.460 e. The zero-order valence-corrected chi connectivity index (χ0v) is 9.46. The van der Waals surface area contributed by atoms with Gasteiger partial charge in [0.05, 0.1) is 12.2 Å². The molecular formula is C12H14O4. The summed E-state index contributed by atoms with van der Waals surface area (Å²) in [4.78, 5) is 23.3. The number of fused-ring (bicyclic) bond motifs is 1. The number of hydrogen-bond acceptors (Lipinski definition) is 4. The van der Waals surface area contributed by atoms with E-state index in [4.69, 9.17) is 9.15 Å². The highest BCUT2D eigenvalue weighted by Crippen LogP contribution is 2.30. The van der Waals surface area contributed by atoms with Gasteiger partial charge in [0.25, 0.3) is 0 Å². The molecule has 0 aromatic carbocycles. The second-order valence-corrected chi connectivity index (χ2v) is 3.84. The maximum atomic E-state index is 11.7. The zero-order valence-electron chi connectivity index (χ0n) is 9.46. The van der Waals surface area contributed by atoms with Gasteiger partial charge in [-0.2, -0.15) is 0 Å². The van der Waals surface area contributed by atoms with E-state index in [1.54, 1.807) is 13.8 Å². The highest BCUT2D eigenvalue weighted by Gasteiger charge is 2.30. The van der Waals surface area contributed by atoms with Gasteiger partial charge in [-0.05, 0) is 26.7 Å². The Bertz CT molecular complexity index is 442. The van der Waals surface area contributed by atoms with Crippen molar-refractivity contribution >= 4 is 11.8 Å². The fourth-order valence-corrected chi connectivity index (χ4v) is 2.11. The van der Waals surface area contributed by atoms with Crippen LogP contribution in [-0.4, -0.2) is 18.4 Å². The first-order chi connectivity index (χ1) is 7.65. The fourth-order valence-electron chi connectivity index (χ4n) is 2.11. The molecule has 0 fully saturated rings. The minimum atomic E-state index is -0.471. The molecular weight excluding hydrogens is 208 g/mol. The molecule has 4 nitrogen and oxygen atoms in total. The van der Waals surface area contributed by atoms with Crippen molar-refractivity contribution in [2.75, 3.05) is 6.61 Å². The van der Waals surface area contributed by atoms with Crippen LogP contribution in [0.15, 0.2) is 4.42 Å². The fraction of sp³-hybridized carbons (Fsp3) is 0.500. The van der Waals surface area contributed by atoms with Gasteiger partial charge in [-0.3, -0.25) is 4.79 Å². The first-order valence-electron chi connectivity index (χ1n) is 5.47. The first kappa shape index (κ1) is 10.9. The summed E-state index contributed by atoms with van der Waals surface area (Å²) < 4.78 is 10.3. The molecule has 0 amide bonds. The summed E-state index contributed by atoms with van der Waals surface area (Å²) in [6, 6.07) is 0. The Kier molecular flexibility index (Phi) is 2.81. The van der Waals surface area contributed by atoms with Crippen LogP contribution in [0.1, 0.15) is 52.0 Å². The number of Topliss-reactive ketones (excluding diaryl/α,β-unsaturated/α-hetero) is 1. The van der Waals surface area contributed by atoms with E-state index >= 15 is 0 Å². The van der Waals surface area contributed by atoms with Crippen molar-refractivity contribution in [2.45, 2.75) is 33.1 Å². The van der Waals surface area contributed by atoms with Crippen LogP contribution < -0.4 is 0 Å². The molecule has 0 saturated carbocycles. The van der Waals surface area contributed by atoms with Gasteiger partial charge in [-0.25, -0.2) is 4.79 Å². The normalized spacial score (nSPS) is 14.8. The second kappa shape index (κ2) is 4.12. The smallest absolute Gasteiger partial charge is 0.374 e. The van der Waals surface area contributed by atoms with Crippen molar-refractivity contribution < 1.29 is 18.7 Å². The average molecular weight is 222 g/mol. The van der Waals surface area contributed by atoms with E-state index in [2.05, 4.69) is 0 Å². The van der Waals surface area contributed by atoms with Crippen molar-refractivity contribution in [3.63, 3.8) is 0 Å². The molecule has 16 heavy (non-hydrogen) atoms. The van der Waals surface area contributed by atoms with Gasteiger partial charge in [0, 0.05) is 12.0 Å². The number of furan rings is 1. The first-order valence-corrected chi connectivity index (χ1v) is 5.47. The van der Waals surface area contributed by atoms with Crippen molar-refractivity contribution in [2.24, 2.45) is 0 Å². The Labute approximate surface area is 93.6 Å². The SMILES string of the molecule is CCOC(=O)c1oc(C)c2c1CCCC2=O. The number of aryl methyl sites for hydroxylation is 1. The summed E-state index contributed by atoms with van der Waals surface area (Å²) in [7, 11) is 0. The van der Waals surface area contributed by atoms with Crippen molar-refractivity contribution in [3.05, 3.63) is 22.6 Å². The van der Waals surface area contributed by atoms with Gasteiger partial charge in [0.15, 0.2) is 5.78 Å². The summed E-state index contributed by atoms with van der Waals surface area (Å²) in [5, 5.41) is 0. The van der Waals surface area contributed by atoms with Crippen LogP contribution >= 0.6 is 0 Å². The second-order valence-electron chi connectivity index (χ2n) is 3.84. The Morgan fingerprint density at radius 1 is 1.44 bits per heavy atom. The molecule has 0 saturated heterocycles. The third-order valence-electron chi connectivity index (χ3n) is 2.75. The molecule has 0 N–H and O–H groups in total. The molecule has 1 aliphatic carbocycles. The molecule has 1 aromatic rings. The van der Waals surface area contributed by atoms with Gasteiger partial charge < -0.3 is 9.15 Å². The van der Waals surface area contributed by atoms with E-state index < -0.39 is 5.97 Å². The highest BCUT2D eigenvalue weighted by molar-refractivity contribution is 6.02. The summed E-state index contributed by atoms with van der Waals surface area (Å²) in [6.45, 7) is 3.76. The predicted molar refractivity (Wildman–Crippen MR) is 56.7 cm³/mol. The maximum absolute atomic E-state index is 11.7. The van der Waals surface area contributed by atoms with E-state index in [1.165, 1.54) is 0 Å². The third kappa shape index (κ3) is 1.64. The van der Waals surface area contributed by atoms with Crippen LogP contribution in [0.3, 0.4) is 0 Å². The molecule has 0 spiro atoms. The topological polar surface area (TPSA) is 56.5 Å². The maximum Gasteiger partial charge on any atom is 0.374 e. The van der Waals surface area contributed by atoms with Crippen molar-refractivity contribution in [1.82, 2.24) is 0 Å². The van der Waals surface area contributed by atoms with Gasteiger partial charge >= 0.3 is 5.97 Å². The lowest BCUT2D eigenvalue weighted by molar-refractivity contribution is 0.0487. The molecule has 4 heteroatoms. The van der Waals surface area contributed by atoms with E-state index in [0.717, 1.165) is 12.0 Å². The number of ketones is 1. The monoisotopic (exact) mass is 222 g/mol. The molecule has 2 rings (SSSR count). The molecule has 86 valence electrons. The van der Waals surface area contributed by atoms with Crippen molar-refractivity contribution in [3.8, 4) is 0 Å². The minimum absolute atomic E-state index is 0.0676. The Hall–Kier alpha value is -1.58. The van der Waals surface area contributed by atoms with Crippen molar-refractivity contribution in [1.29, 1.82) is 0 Å². The number of ether oxygens (including phenoxy) is 1. The predicted octanol–water partition coefficient (Wildman–Crippen LogP) is 2.28. The van der Waals surface area contributed by atoms with E-state index in [-0.39, 0.29) is 11.5 Å². The molecule has 0 unspecified atom stereocenters. The number of hydrogen-bond donors (Lipinski definition) is 0. The van der Waals surface area contributed by atoms with Crippen LogP contribution in [-0.2, 0) is 11.2 Å². The number of carbonyl (C=O) groups excluding carboxylic acids is 2. The number of esters is 1. The van der Waals surface area contributed by atoms with E-state index in [1.807, 2.05) is 0 Å². The molecule has 1 aromatic heterocycles. The standard InChI is InChI=1S/C12H14O4/c1-3-15-12(14)11-8-5-4-6-9(13)10(8)7(2)16-11/h3-6H2,1-2H3. The molecule has 1 heterocycles. The highest BCUT2D eigenvalue weighted by atomic mass is 16.5. The zero-order chi connectivity index (χ0) is 11.7. The van der Waals surface area contributed by atoms with E-state index in [0.29, 0.717) is 30.8 Å². The van der Waals surface area contributed by atoms with Gasteiger partial charge in [-0.15, -0.1) is 0 Å². The summed E-state index contributed by atoms with van der Waals surface area (Å²) in [5.41, 5.74) is 1.32. The third-order valence-corrected chi connectivity index (χ3v) is 2.75. The quantitative estimate of drug-likeness (QED) is 0.720. The summed E-state index contributed by atoms with van der Waals surface area (Å²) >= 11 is 0. The molecule has 0 atom stereocenters. The van der Waals surface area contributed by atoms with Gasteiger partial charge in [0.1, 0.15) is 5.76 Å². The molecule has 0 radical (unpaired) electrons.